The summed E-state index contributed by atoms with van der Waals surface area (Å²) < 4.78 is 11.9. The first-order valence-electron chi connectivity index (χ1n) is 19.8. The lowest BCUT2D eigenvalue weighted by Crippen LogP contribution is -2.55. The van der Waals surface area contributed by atoms with Gasteiger partial charge in [0.15, 0.2) is 0 Å². The Hall–Kier alpha value is -1.22. The van der Waals surface area contributed by atoms with Crippen molar-refractivity contribution < 1.29 is 38.2 Å². The summed E-state index contributed by atoms with van der Waals surface area (Å²) in [5.74, 6) is -0.687. The highest BCUT2D eigenvalue weighted by molar-refractivity contribution is 5.75. The molecule has 0 aromatic rings. The van der Waals surface area contributed by atoms with E-state index in [1.54, 1.807) is 0 Å². The Labute approximate surface area is 291 Å². The van der Waals surface area contributed by atoms with E-state index in [4.69, 9.17) is 9.47 Å². The van der Waals surface area contributed by atoms with Crippen LogP contribution in [0.25, 0.3) is 0 Å². The monoisotopic (exact) mass is 673 g/mol. The van der Waals surface area contributed by atoms with Crippen molar-refractivity contribution in [3.05, 3.63) is 0 Å². The maximum Gasteiger partial charge on any atom is 0.367 e. The van der Waals surface area contributed by atoms with E-state index in [0.717, 1.165) is 45.2 Å². The molecule has 0 fully saturated rings. The minimum atomic E-state index is -0.577. The number of aliphatic hydroxyl groups excluding tert-OH is 2. The first-order valence-corrected chi connectivity index (χ1v) is 19.8. The lowest BCUT2D eigenvalue weighted by atomic mass is 10.1. The predicted molar refractivity (Wildman–Crippen MR) is 195 cm³/mol. The van der Waals surface area contributed by atoms with Gasteiger partial charge in [-0.3, -0.25) is 0 Å². The third-order valence-electron chi connectivity index (χ3n) is 10.0. The van der Waals surface area contributed by atoms with Gasteiger partial charge in [-0.25, -0.2) is 9.59 Å². The van der Waals surface area contributed by atoms with Crippen molar-refractivity contribution in [2.24, 2.45) is 0 Å². The Morgan fingerprint density at radius 3 is 0.979 bits per heavy atom. The number of carbonyl (C=O) groups is 2. The van der Waals surface area contributed by atoms with Crippen molar-refractivity contribution in [2.45, 2.75) is 174 Å². The molecular weight excluding hydrogens is 592 g/mol. The zero-order valence-electron chi connectivity index (χ0n) is 32.1. The normalized spacial score (nSPS) is 13.4. The molecule has 0 aromatic heterocycles. The molecule has 0 spiro atoms. The van der Waals surface area contributed by atoms with Gasteiger partial charge in [-0.05, 0) is 44.9 Å². The molecule has 280 valence electrons. The Bertz CT molecular complexity index is 685. The van der Waals surface area contributed by atoms with Crippen molar-refractivity contribution in [1.29, 1.82) is 0 Å². The molecule has 0 aliphatic carbocycles. The van der Waals surface area contributed by atoms with Crippen LogP contribution in [-0.2, 0) is 19.1 Å². The number of hydrogen-bond acceptors (Lipinski definition) is 6. The SMILES string of the molecule is CCCCCCCCCCCC[N+](C)(C)C(CO)C(=O)OCCCCCOC(=O)C(CO)[N+](C)(C)CCCCCCCCCCCC. The van der Waals surface area contributed by atoms with Crippen LogP contribution in [-0.4, -0.2) is 111 Å². The maximum absolute atomic E-state index is 12.8. The second kappa shape index (κ2) is 29.7. The standard InChI is InChI=1S/C39H80N2O6/c1-7-9-11-13-15-17-19-21-23-26-30-40(3,4)36(34-42)38(44)46-32-28-25-29-33-47-39(45)37(35-43)41(5,6)31-27-24-22-20-18-16-14-12-10-8-2/h36-37,42-43H,7-35H2,1-6H3/q+2. The van der Waals surface area contributed by atoms with Crippen molar-refractivity contribution in [2.75, 3.05) is 67.7 Å². The quantitative estimate of drug-likeness (QED) is 0.0410. The van der Waals surface area contributed by atoms with E-state index < -0.39 is 12.1 Å². The zero-order valence-corrected chi connectivity index (χ0v) is 32.1. The number of esters is 2. The second-order valence-corrected chi connectivity index (χ2v) is 15.2. The van der Waals surface area contributed by atoms with Crippen LogP contribution < -0.4 is 0 Å². The van der Waals surface area contributed by atoms with Crippen LogP contribution in [0.2, 0.25) is 0 Å². The zero-order chi connectivity index (χ0) is 35.2. The molecule has 0 aromatic carbocycles. The van der Waals surface area contributed by atoms with E-state index in [1.807, 2.05) is 28.2 Å². The largest absolute Gasteiger partial charge is 0.461 e. The van der Waals surface area contributed by atoms with Crippen LogP contribution in [0.4, 0.5) is 0 Å². The molecule has 0 saturated carbocycles. The Morgan fingerprint density at radius 1 is 0.447 bits per heavy atom. The van der Waals surface area contributed by atoms with E-state index >= 15 is 0 Å². The van der Waals surface area contributed by atoms with Crippen LogP contribution in [0.1, 0.15) is 162 Å². The van der Waals surface area contributed by atoms with E-state index in [1.165, 1.54) is 103 Å². The number of carbonyl (C=O) groups excluding carboxylic acids is 2. The number of hydrogen-bond donors (Lipinski definition) is 2. The molecule has 47 heavy (non-hydrogen) atoms. The average molecular weight is 673 g/mol. The number of rotatable bonds is 34. The summed E-state index contributed by atoms with van der Waals surface area (Å²) >= 11 is 0. The van der Waals surface area contributed by atoms with Gasteiger partial charge in [0.1, 0.15) is 13.2 Å². The third-order valence-corrected chi connectivity index (χ3v) is 10.0. The highest BCUT2D eigenvalue weighted by atomic mass is 16.5. The van der Waals surface area contributed by atoms with Crippen molar-refractivity contribution in [1.82, 2.24) is 0 Å². The summed E-state index contributed by atoms with van der Waals surface area (Å²) in [7, 11) is 8.00. The van der Waals surface area contributed by atoms with Gasteiger partial charge in [-0.1, -0.05) is 117 Å². The van der Waals surface area contributed by atoms with Crippen molar-refractivity contribution in [3.63, 3.8) is 0 Å². The predicted octanol–water partition coefficient (Wildman–Crippen LogP) is 7.96. The average Bonchev–Trinajstić information content (AvgIpc) is 3.02. The van der Waals surface area contributed by atoms with Crippen molar-refractivity contribution >= 4 is 11.9 Å². The molecule has 0 heterocycles. The molecule has 8 nitrogen and oxygen atoms in total. The summed E-state index contributed by atoms with van der Waals surface area (Å²) in [6.07, 6.45) is 27.6. The molecule has 8 heteroatoms. The molecule has 0 bridgehead atoms. The Kier molecular flexibility index (Phi) is 28.9. The highest BCUT2D eigenvalue weighted by Gasteiger charge is 2.36. The number of quaternary nitrogens is 2. The topological polar surface area (TPSA) is 93.1 Å². The number of ether oxygens (including phenoxy) is 2. The first-order chi connectivity index (χ1) is 22.6. The fraction of sp³-hybridized carbons (Fsp3) is 0.949. The summed E-state index contributed by atoms with van der Waals surface area (Å²) in [5.41, 5.74) is 0. The molecule has 0 saturated heterocycles. The van der Waals surface area contributed by atoms with Gasteiger partial charge in [0.2, 0.25) is 12.1 Å². The van der Waals surface area contributed by atoms with Gasteiger partial charge in [0.25, 0.3) is 0 Å². The van der Waals surface area contributed by atoms with E-state index in [2.05, 4.69) is 13.8 Å². The molecule has 0 amide bonds. The van der Waals surface area contributed by atoms with Gasteiger partial charge in [0, 0.05) is 0 Å². The number of unbranched alkanes of at least 4 members (excludes halogenated alkanes) is 20. The van der Waals surface area contributed by atoms with E-state index in [9.17, 15) is 19.8 Å². The fourth-order valence-electron chi connectivity index (χ4n) is 6.41. The number of likely N-dealkylation sites (N-methyl/N-ethyl adjacent to an activating group) is 2. The molecule has 2 N–H and O–H groups in total. The molecule has 0 radical (unpaired) electrons. The lowest BCUT2D eigenvalue weighted by molar-refractivity contribution is -0.907. The maximum atomic E-state index is 12.8. The summed E-state index contributed by atoms with van der Waals surface area (Å²) in [4.78, 5) is 25.6. The second-order valence-electron chi connectivity index (χ2n) is 15.2. The van der Waals surface area contributed by atoms with E-state index in [-0.39, 0.29) is 25.2 Å². The van der Waals surface area contributed by atoms with Crippen LogP contribution >= 0.6 is 0 Å². The first kappa shape index (κ1) is 45.8. The molecule has 2 atom stereocenters. The van der Waals surface area contributed by atoms with Crippen LogP contribution in [0, 0.1) is 0 Å². The summed E-state index contributed by atoms with van der Waals surface area (Å²) in [5, 5.41) is 20.0. The Balaban J connectivity index is 4.13. The minimum Gasteiger partial charge on any atom is -0.461 e. The molecule has 0 aliphatic heterocycles. The fourth-order valence-corrected chi connectivity index (χ4v) is 6.41. The van der Waals surface area contributed by atoms with Crippen LogP contribution in [0.3, 0.4) is 0 Å². The van der Waals surface area contributed by atoms with Gasteiger partial charge in [-0.15, -0.1) is 0 Å². The lowest BCUT2D eigenvalue weighted by Gasteiger charge is -2.35. The van der Waals surface area contributed by atoms with Gasteiger partial charge >= 0.3 is 11.9 Å². The molecule has 2 unspecified atom stereocenters. The molecule has 0 rings (SSSR count). The Morgan fingerprint density at radius 2 is 0.702 bits per heavy atom. The molecular formula is C39H80N2O6+2. The van der Waals surface area contributed by atoms with Gasteiger partial charge in [-0.2, -0.15) is 0 Å². The van der Waals surface area contributed by atoms with Crippen molar-refractivity contribution in [3.8, 4) is 0 Å². The number of aliphatic hydroxyl groups is 2. The van der Waals surface area contributed by atoms with E-state index in [0.29, 0.717) is 35.0 Å². The minimum absolute atomic E-state index is 0.223. The highest BCUT2D eigenvalue weighted by Crippen LogP contribution is 2.17. The van der Waals surface area contributed by atoms with Crippen LogP contribution in [0.15, 0.2) is 0 Å². The smallest absolute Gasteiger partial charge is 0.367 e. The van der Waals surface area contributed by atoms with Gasteiger partial charge in [0.05, 0.1) is 54.5 Å². The summed E-state index contributed by atoms with van der Waals surface area (Å²) in [6.45, 7) is 6.32. The van der Waals surface area contributed by atoms with Crippen LogP contribution in [0.5, 0.6) is 0 Å². The summed E-state index contributed by atoms with van der Waals surface area (Å²) in [6, 6.07) is -1.15. The molecule has 0 aliphatic rings. The van der Waals surface area contributed by atoms with Gasteiger partial charge < -0.3 is 28.7 Å². The number of nitrogens with zero attached hydrogens (tertiary/aromatic N) is 2. The third kappa shape index (κ3) is 23.7.